The lowest BCUT2D eigenvalue weighted by atomic mass is 10.0. The van der Waals surface area contributed by atoms with Gasteiger partial charge in [-0.15, -0.1) is 0 Å². The summed E-state index contributed by atoms with van der Waals surface area (Å²) in [5, 5.41) is 23.4. The largest absolute Gasteiger partial charge is 0.394 e. The summed E-state index contributed by atoms with van der Waals surface area (Å²) in [7, 11) is 0. The van der Waals surface area contributed by atoms with E-state index in [1.807, 2.05) is 30.3 Å². The number of nitrogens with one attached hydrogen (secondary N) is 2. The molecule has 1 aromatic rings. The summed E-state index contributed by atoms with van der Waals surface area (Å²) >= 11 is 4.39. The molecule has 0 saturated carbocycles. The van der Waals surface area contributed by atoms with Gasteiger partial charge in [-0.05, 0) is 32.3 Å². The van der Waals surface area contributed by atoms with Crippen molar-refractivity contribution in [3.05, 3.63) is 35.9 Å². The average Bonchev–Trinajstić information content (AvgIpc) is 2.57. The number of hydrogen-bond donors (Lipinski definition) is 5. The maximum Gasteiger partial charge on any atom is 0.244 e. The van der Waals surface area contributed by atoms with Gasteiger partial charge in [0.15, 0.2) is 0 Å². The van der Waals surface area contributed by atoms with E-state index in [9.17, 15) is 9.59 Å². The van der Waals surface area contributed by atoms with Crippen molar-refractivity contribution < 1.29 is 19.8 Å². The van der Waals surface area contributed by atoms with Crippen LogP contribution >= 0.6 is 12.6 Å². The second-order valence-electron chi connectivity index (χ2n) is 6.56. The normalized spacial score (nSPS) is 12.7. The monoisotopic (exact) mass is 368 g/mol. The molecule has 4 N–H and O–H groups in total. The van der Waals surface area contributed by atoms with Gasteiger partial charge in [0.1, 0.15) is 6.04 Å². The quantitative estimate of drug-likeness (QED) is 0.392. The van der Waals surface area contributed by atoms with Crippen LogP contribution in [0.15, 0.2) is 30.3 Å². The van der Waals surface area contributed by atoms with Gasteiger partial charge in [0.05, 0.1) is 19.3 Å². The number of thiol groups is 1. The summed E-state index contributed by atoms with van der Waals surface area (Å²) in [4.78, 5) is 24.5. The fraction of sp³-hybridized carbons (Fsp3) is 0.556. The summed E-state index contributed by atoms with van der Waals surface area (Å²) in [6.07, 6.45) is 1.76. The Hall–Kier alpha value is -1.57. The summed E-state index contributed by atoms with van der Waals surface area (Å²) < 4.78 is -0.797. The molecule has 0 aliphatic heterocycles. The van der Waals surface area contributed by atoms with Crippen LogP contribution in [-0.4, -0.2) is 52.1 Å². The number of rotatable bonds is 10. The summed E-state index contributed by atoms with van der Waals surface area (Å²) in [5.41, 5.74) is 1.16. The first-order chi connectivity index (χ1) is 11.8. The van der Waals surface area contributed by atoms with E-state index in [4.69, 9.17) is 10.2 Å². The summed E-state index contributed by atoms with van der Waals surface area (Å²) in [6.45, 7) is 2.68. The van der Waals surface area contributed by atoms with Crippen molar-refractivity contribution in [2.45, 2.75) is 49.9 Å². The van der Waals surface area contributed by atoms with Crippen LogP contribution in [0, 0.1) is 0 Å². The van der Waals surface area contributed by atoms with E-state index >= 15 is 0 Å². The molecule has 0 aliphatic carbocycles. The highest BCUT2D eigenvalue weighted by atomic mass is 32.1. The Bertz CT molecular complexity index is 542. The molecule has 25 heavy (non-hydrogen) atoms. The van der Waals surface area contributed by atoms with Crippen molar-refractivity contribution in [3.63, 3.8) is 0 Å². The smallest absolute Gasteiger partial charge is 0.244 e. The maximum absolute atomic E-state index is 12.4. The van der Waals surface area contributed by atoms with E-state index in [-0.39, 0.29) is 19.1 Å². The molecule has 0 saturated heterocycles. The number of carbonyl (C=O) groups excluding carboxylic acids is 2. The van der Waals surface area contributed by atoms with Crippen LogP contribution in [0.25, 0.3) is 0 Å². The second-order valence-corrected chi connectivity index (χ2v) is 7.72. The molecule has 1 unspecified atom stereocenters. The van der Waals surface area contributed by atoms with E-state index in [2.05, 4.69) is 23.3 Å². The Morgan fingerprint density at radius 1 is 1.12 bits per heavy atom. The van der Waals surface area contributed by atoms with Gasteiger partial charge in [0.25, 0.3) is 0 Å². The lowest BCUT2D eigenvalue weighted by Gasteiger charge is -2.30. The predicted octanol–water partition coefficient (Wildman–Crippen LogP) is 0.672. The van der Waals surface area contributed by atoms with E-state index in [1.165, 1.54) is 0 Å². The Balaban J connectivity index is 2.56. The van der Waals surface area contributed by atoms with Gasteiger partial charge in [0.2, 0.25) is 11.8 Å². The minimum Gasteiger partial charge on any atom is -0.394 e. The topological polar surface area (TPSA) is 98.7 Å². The molecule has 1 rings (SSSR count). The highest BCUT2D eigenvalue weighted by Crippen LogP contribution is 2.18. The fourth-order valence-corrected chi connectivity index (χ4v) is 2.51. The van der Waals surface area contributed by atoms with Crippen LogP contribution in [0.3, 0.4) is 0 Å². The number of amides is 2. The van der Waals surface area contributed by atoms with Gasteiger partial charge < -0.3 is 20.8 Å². The van der Waals surface area contributed by atoms with Gasteiger partial charge in [0, 0.05) is 11.2 Å². The third-order valence-corrected chi connectivity index (χ3v) is 4.03. The molecule has 2 amide bonds. The molecule has 1 aromatic carbocycles. The van der Waals surface area contributed by atoms with Crippen molar-refractivity contribution >= 4 is 24.4 Å². The summed E-state index contributed by atoms with van der Waals surface area (Å²) in [6, 6.07) is 8.24. The van der Waals surface area contributed by atoms with Crippen molar-refractivity contribution in [1.82, 2.24) is 10.6 Å². The minimum atomic E-state index is -0.874. The Labute approximate surface area is 154 Å². The number of aliphatic hydroxyl groups excluding tert-OH is 2. The van der Waals surface area contributed by atoms with Crippen LogP contribution in [0.4, 0.5) is 0 Å². The van der Waals surface area contributed by atoms with Gasteiger partial charge in [-0.2, -0.15) is 12.6 Å². The third-order valence-electron chi connectivity index (χ3n) is 3.77. The third kappa shape index (κ3) is 7.90. The first kappa shape index (κ1) is 21.5. The lowest BCUT2D eigenvalue weighted by Crippen LogP contribution is -2.58. The van der Waals surface area contributed by atoms with E-state index in [1.54, 1.807) is 13.8 Å². The van der Waals surface area contributed by atoms with Crippen LogP contribution in [0.1, 0.15) is 32.3 Å². The zero-order valence-electron chi connectivity index (χ0n) is 14.7. The molecule has 0 fully saturated rings. The number of hydrogen-bond acceptors (Lipinski definition) is 5. The standard InChI is InChI=1S/C18H28N2O4S/c1-18(2,25)16(17(24)19-14(11-21)12-22)20-15(23)10-6-9-13-7-4-3-5-8-13/h3-5,7-8,14,16,21-22,25H,6,9-12H2,1-2H3,(H,19,24)(H,20,23). The first-order valence-corrected chi connectivity index (χ1v) is 8.80. The molecule has 0 spiro atoms. The molecule has 0 bridgehead atoms. The second kappa shape index (κ2) is 10.4. The number of carbonyl (C=O) groups is 2. The van der Waals surface area contributed by atoms with E-state index in [0.717, 1.165) is 12.0 Å². The lowest BCUT2D eigenvalue weighted by molar-refractivity contribution is -0.130. The predicted molar refractivity (Wildman–Crippen MR) is 100 cm³/mol. The Morgan fingerprint density at radius 3 is 2.24 bits per heavy atom. The molecule has 6 nitrogen and oxygen atoms in total. The highest BCUT2D eigenvalue weighted by Gasteiger charge is 2.34. The Morgan fingerprint density at radius 2 is 1.72 bits per heavy atom. The highest BCUT2D eigenvalue weighted by molar-refractivity contribution is 7.81. The van der Waals surface area contributed by atoms with Gasteiger partial charge >= 0.3 is 0 Å². The fourth-order valence-electron chi connectivity index (χ4n) is 2.33. The van der Waals surface area contributed by atoms with Gasteiger partial charge in [-0.3, -0.25) is 9.59 Å². The van der Waals surface area contributed by atoms with Gasteiger partial charge in [-0.25, -0.2) is 0 Å². The molecule has 0 radical (unpaired) electrons. The zero-order chi connectivity index (χ0) is 18.9. The average molecular weight is 368 g/mol. The Kier molecular flexibility index (Phi) is 8.96. The van der Waals surface area contributed by atoms with Crippen molar-refractivity contribution in [2.24, 2.45) is 0 Å². The molecular weight excluding hydrogens is 340 g/mol. The van der Waals surface area contributed by atoms with Crippen LogP contribution in [-0.2, 0) is 16.0 Å². The summed E-state index contributed by atoms with van der Waals surface area (Å²) in [5.74, 6) is -0.715. The van der Waals surface area contributed by atoms with Crippen molar-refractivity contribution in [1.29, 1.82) is 0 Å². The van der Waals surface area contributed by atoms with Crippen molar-refractivity contribution in [2.75, 3.05) is 13.2 Å². The molecule has 7 heteroatoms. The van der Waals surface area contributed by atoms with E-state index < -0.39 is 22.7 Å². The zero-order valence-corrected chi connectivity index (χ0v) is 15.6. The first-order valence-electron chi connectivity index (χ1n) is 8.35. The molecular formula is C18H28N2O4S. The molecule has 0 heterocycles. The number of aliphatic hydroxyl groups is 2. The SMILES string of the molecule is CC(C)(S)C(NC(=O)CCCc1ccccc1)C(=O)NC(CO)CO. The number of benzene rings is 1. The molecule has 0 aromatic heterocycles. The molecule has 140 valence electrons. The van der Waals surface area contributed by atoms with Crippen molar-refractivity contribution in [3.8, 4) is 0 Å². The molecule has 0 aliphatic rings. The van der Waals surface area contributed by atoms with Crippen LogP contribution < -0.4 is 10.6 Å². The minimum absolute atomic E-state index is 0.234. The van der Waals surface area contributed by atoms with E-state index in [0.29, 0.717) is 12.8 Å². The molecule has 1 atom stereocenters. The van der Waals surface area contributed by atoms with Crippen LogP contribution in [0.2, 0.25) is 0 Å². The van der Waals surface area contributed by atoms with Gasteiger partial charge in [-0.1, -0.05) is 30.3 Å². The van der Waals surface area contributed by atoms with Crippen LogP contribution in [0.5, 0.6) is 0 Å². The number of aryl methyl sites for hydroxylation is 1. The maximum atomic E-state index is 12.4.